The Kier molecular flexibility index (Phi) is 7.78. The monoisotopic (exact) mass is 578 g/mol. The van der Waals surface area contributed by atoms with Gasteiger partial charge in [0.1, 0.15) is 11.5 Å². The highest BCUT2D eigenvalue weighted by molar-refractivity contribution is 7.85. The number of carbonyl (C=O) groups is 2. The lowest BCUT2D eigenvalue weighted by Gasteiger charge is -2.35. The third-order valence-electron chi connectivity index (χ3n) is 5.71. The van der Waals surface area contributed by atoms with Crippen molar-refractivity contribution in [1.29, 1.82) is 0 Å². The van der Waals surface area contributed by atoms with Crippen molar-refractivity contribution in [2.75, 3.05) is 5.75 Å². The summed E-state index contributed by atoms with van der Waals surface area (Å²) in [6, 6.07) is 10.5. The van der Waals surface area contributed by atoms with E-state index in [9.17, 15) is 44.3 Å². The van der Waals surface area contributed by atoms with Gasteiger partial charge >= 0.3 is 29.9 Å². The van der Waals surface area contributed by atoms with Crippen LogP contribution in [-0.4, -0.2) is 48.6 Å². The van der Waals surface area contributed by atoms with Crippen LogP contribution in [0.3, 0.4) is 0 Å². The van der Waals surface area contributed by atoms with Gasteiger partial charge in [0.05, 0.1) is 11.1 Å². The first-order chi connectivity index (χ1) is 17.8. The van der Waals surface area contributed by atoms with Gasteiger partial charge in [0, 0.05) is 5.39 Å². The van der Waals surface area contributed by atoms with Crippen molar-refractivity contribution in [2.24, 2.45) is 0 Å². The minimum atomic E-state index is -6.51. The maximum absolute atomic E-state index is 13.7. The molecule has 0 fully saturated rings. The third-order valence-corrected chi connectivity index (χ3v) is 6.48. The van der Waals surface area contributed by atoms with E-state index in [1.165, 1.54) is 18.2 Å². The molecule has 0 unspecified atom stereocenters. The number of ether oxygens (including phenoxy) is 2. The summed E-state index contributed by atoms with van der Waals surface area (Å²) in [5.74, 6) is -6.21. The highest BCUT2D eigenvalue weighted by Crippen LogP contribution is 2.47. The number of hydrogen-bond acceptors (Lipinski definition) is 6. The number of esters is 2. The predicted molar refractivity (Wildman–Crippen MR) is 126 cm³/mol. The fraction of sp³-hybridized carbons (Fsp3) is 0.280. The number of rotatable bonds is 6. The number of benzene rings is 3. The lowest BCUT2D eigenvalue weighted by atomic mass is 9.98. The second-order valence-electron chi connectivity index (χ2n) is 8.76. The SMILES string of the molecule is Cc1cc(C)c(OC(=O)c2cccc3cccc(C(=O)OC(CS(=O)(=O)O)(C(F)(F)F)C(F)(F)F)c23)c(C)c1. The van der Waals surface area contributed by atoms with Crippen LogP contribution in [0.2, 0.25) is 0 Å². The summed E-state index contributed by atoms with van der Waals surface area (Å²) in [5, 5.41) is -0.349. The van der Waals surface area contributed by atoms with Crippen LogP contribution in [0.15, 0.2) is 48.5 Å². The molecule has 0 amide bonds. The van der Waals surface area contributed by atoms with Crippen LogP contribution in [0.5, 0.6) is 5.75 Å². The van der Waals surface area contributed by atoms with Crippen LogP contribution in [0.1, 0.15) is 37.4 Å². The Morgan fingerprint density at radius 1 is 0.821 bits per heavy atom. The molecule has 0 spiro atoms. The van der Waals surface area contributed by atoms with Crippen molar-refractivity contribution in [2.45, 2.75) is 38.7 Å². The summed E-state index contributed by atoms with van der Waals surface area (Å²) in [4.78, 5) is 26.0. The molecule has 210 valence electrons. The standard InChI is InChI=1S/C25H20F6O7S/c1-13-10-14(2)20(15(3)11-13)37-21(32)17-8-4-6-16-7-5-9-18(19(16)17)22(33)38-23(24(26,27)28,25(29,30)31)12-39(34,35)36/h4-11H,12H2,1-3H3,(H,34,35,36). The van der Waals surface area contributed by atoms with E-state index in [0.29, 0.717) is 11.1 Å². The van der Waals surface area contributed by atoms with Crippen molar-refractivity contribution in [3.05, 3.63) is 76.3 Å². The zero-order chi connectivity index (χ0) is 29.6. The minimum Gasteiger partial charge on any atom is -0.435 e. The second-order valence-corrected chi connectivity index (χ2v) is 10.2. The number of hydrogen-bond donors (Lipinski definition) is 1. The maximum Gasteiger partial charge on any atom is 0.438 e. The molecule has 0 aliphatic heterocycles. The Bertz CT molecular complexity index is 1520. The lowest BCUT2D eigenvalue weighted by Crippen LogP contribution is -2.63. The maximum atomic E-state index is 13.7. The summed E-state index contributed by atoms with van der Waals surface area (Å²) in [7, 11) is -5.98. The number of fused-ring (bicyclic) bond motifs is 1. The van der Waals surface area contributed by atoms with Crippen molar-refractivity contribution in [1.82, 2.24) is 0 Å². The zero-order valence-electron chi connectivity index (χ0n) is 20.4. The summed E-state index contributed by atoms with van der Waals surface area (Å²) in [6.07, 6.45) is -13.0. The van der Waals surface area contributed by atoms with Gasteiger partial charge in [-0.2, -0.15) is 34.8 Å². The van der Waals surface area contributed by atoms with Gasteiger partial charge in [-0.05, 0) is 49.4 Å². The van der Waals surface area contributed by atoms with Crippen LogP contribution >= 0.6 is 0 Å². The van der Waals surface area contributed by atoms with E-state index in [-0.39, 0.29) is 16.7 Å². The topological polar surface area (TPSA) is 107 Å². The molecule has 3 aromatic rings. The van der Waals surface area contributed by atoms with Gasteiger partial charge in [0.15, 0.2) is 0 Å². The van der Waals surface area contributed by atoms with E-state index < -0.39 is 56.7 Å². The molecule has 39 heavy (non-hydrogen) atoms. The summed E-state index contributed by atoms with van der Waals surface area (Å²) >= 11 is 0. The van der Waals surface area contributed by atoms with Crippen LogP contribution in [-0.2, 0) is 14.9 Å². The minimum absolute atomic E-state index is 0.0515. The Balaban J connectivity index is 2.17. The van der Waals surface area contributed by atoms with Gasteiger partial charge in [-0.1, -0.05) is 42.0 Å². The van der Waals surface area contributed by atoms with Crippen molar-refractivity contribution in [3.63, 3.8) is 0 Å². The van der Waals surface area contributed by atoms with Crippen LogP contribution in [0.4, 0.5) is 26.3 Å². The Hall–Kier alpha value is -3.65. The van der Waals surface area contributed by atoms with Gasteiger partial charge in [-0.25, -0.2) is 9.59 Å². The molecule has 0 heterocycles. The molecule has 0 radical (unpaired) electrons. The Labute approximate surface area is 218 Å². The van der Waals surface area contributed by atoms with E-state index in [1.807, 2.05) is 0 Å². The van der Waals surface area contributed by atoms with Crippen molar-refractivity contribution >= 4 is 32.8 Å². The zero-order valence-corrected chi connectivity index (χ0v) is 21.2. The fourth-order valence-corrected chi connectivity index (χ4v) is 5.00. The van der Waals surface area contributed by atoms with Crippen molar-refractivity contribution in [3.8, 4) is 5.75 Å². The average Bonchev–Trinajstić information content (AvgIpc) is 2.77. The third kappa shape index (κ3) is 6.01. The summed E-state index contributed by atoms with van der Waals surface area (Å²) in [6.45, 7) is 5.10. The van der Waals surface area contributed by atoms with Crippen LogP contribution in [0.25, 0.3) is 10.8 Å². The molecule has 0 saturated heterocycles. The Morgan fingerprint density at radius 3 is 1.72 bits per heavy atom. The van der Waals surface area contributed by atoms with Gasteiger partial charge in [-0.3, -0.25) is 4.55 Å². The first-order valence-electron chi connectivity index (χ1n) is 10.9. The van der Waals surface area contributed by atoms with Crippen molar-refractivity contribution < 1.29 is 58.4 Å². The van der Waals surface area contributed by atoms with E-state index in [2.05, 4.69) is 4.74 Å². The normalized spacial score (nSPS) is 12.9. The molecule has 0 aromatic heterocycles. The molecule has 14 heteroatoms. The largest absolute Gasteiger partial charge is 0.438 e. The van der Waals surface area contributed by atoms with Gasteiger partial charge in [0.25, 0.3) is 10.1 Å². The molecule has 3 aromatic carbocycles. The van der Waals surface area contributed by atoms with Gasteiger partial charge < -0.3 is 9.47 Å². The highest BCUT2D eigenvalue weighted by Gasteiger charge is 2.76. The fourth-order valence-electron chi connectivity index (χ4n) is 4.10. The van der Waals surface area contributed by atoms with E-state index in [4.69, 9.17) is 9.29 Å². The van der Waals surface area contributed by atoms with Gasteiger partial charge in [-0.15, -0.1) is 0 Å². The van der Waals surface area contributed by atoms with E-state index >= 15 is 0 Å². The summed E-state index contributed by atoms with van der Waals surface area (Å²) < 4.78 is 123. The molecule has 3 rings (SSSR count). The van der Waals surface area contributed by atoms with E-state index in [1.54, 1.807) is 32.9 Å². The predicted octanol–water partition coefficient (Wildman–Crippen LogP) is 5.89. The molecule has 0 atom stereocenters. The van der Waals surface area contributed by atoms with Crippen LogP contribution < -0.4 is 4.74 Å². The lowest BCUT2D eigenvalue weighted by molar-refractivity contribution is -0.356. The molecule has 0 aliphatic rings. The molecule has 1 N–H and O–H groups in total. The van der Waals surface area contributed by atoms with E-state index in [0.717, 1.165) is 23.8 Å². The average molecular weight is 578 g/mol. The molecule has 0 aliphatic carbocycles. The quantitative estimate of drug-likeness (QED) is 0.168. The molecule has 0 saturated carbocycles. The molecule has 7 nitrogen and oxygen atoms in total. The number of aryl methyl sites for hydroxylation is 3. The number of halogens is 6. The number of carbonyl (C=O) groups excluding carboxylic acids is 2. The smallest absolute Gasteiger partial charge is 0.435 e. The first kappa shape index (κ1) is 29.9. The van der Waals surface area contributed by atoms with Crippen LogP contribution in [0, 0.1) is 20.8 Å². The molecular weight excluding hydrogens is 558 g/mol. The highest BCUT2D eigenvalue weighted by atomic mass is 32.2. The molecular formula is C25H20F6O7S. The van der Waals surface area contributed by atoms with Gasteiger partial charge in [0.2, 0.25) is 0 Å². The number of alkyl halides is 6. The second kappa shape index (κ2) is 10.2. The summed E-state index contributed by atoms with van der Waals surface area (Å²) in [5.41, 5.74) is -4.93. The molecule has 0 bridgehead atoms. The Morgan fingerprint density at radius 2 is 1.28 bits per heavy atom. The first-order valence-corrected chi connectivity index (χ1v) is 12.5.